The van der Waals surface area contributed by atoms with Gasteiger partial charge in [0, 0.05) is 6.61 Å². The Bertz CT molecular complexity index is 539. The summed E-state index contributed by atoms with van der Waals surface area (Å²) in [7, 11) is 0. The highest BCUT2D eigenvalue weighted by Gasteiger charge is 2.44. The van der Waals surface area contributed by atoms with Crippen molar-refractivity contribution < 1.29 is 39.7 Å². The molecule has 206 valence electrons. The molecule has 0 radical (unpaired) electrons. The average Bonchev–Trinajstić information content (AvgIpc) is 2.86. The maximum atomic E-state index is 9.98. The first-order valence-corrected chi connectivity index (χ1v) is 13.5. The molecular weight excluding hydrogens is 452 g/mol. The molecule has 6 atom stereocenters. The Labute approximate surface area is 211 Å². The molecule has 0 unspecified atom stereocenters. The molecule has 5 N–H and O–H groups in total. The first-order chi connectivity index (χ1) is 17.0. The molecule has 0 saturated carbocycles. The third-order valence-corrected chi connectivity index (χ3v) is 6.10. The standard InChI is InChI=1S/C27H50O8/c1-2-3-4-5-6-7-8-9-10-11-12-13-14-15-16-17-18-33-20-22(29)21-34-27-26(32)25(31)24(30)23(19-28)35-27/h6-7,9-10,22-32H,2-5,8,11-21H2,1H3/t22-,23+,24-,25-,26+,27+/m0/s1. The van der Waals surface area contributed by atoms with E-state index in [0.717, 1.165) is 25.7 Å². The van der Waals surface area contributed by atoms with Gasteiger partial charge in [0.05, 0.1) is 19.8 Å². The summed E-state index contributed by atoms with van der Waals surface area (Å²) in [4.78, 5) is 0. The van der Waals surface area contributed by atoms with Gasteiger partial charge in [0.15, 0.2) is 6.29 Å². The SMILES string of the molecule is CCCCCC=CCC=CCCCCCCCCOC[C@H](O)CO[C@@H]1O[C@H](CO)[C@H](O)[C@H](O)[C@H]1O. The summed E-state index contributed by atoms with van der Waals surface area (Å²) in [5, 5.41) is 48.6. The van der Waals surface area contributed by atoms with Crippen molar-refractivity contribution in [2.45, 2.75) is 121 Å². The van der Waals surface area contributed by atoms with Crippen LogP contribution in [0.25, 0.3) is 0 Å². The van der Waals surface area contributed by atoms with Crippen molar-refractivity contribution in [2.75, 3.05) is 26.4 Å². The lowest BCUT2D eigenvalue weighted by Crippen LogP contribution is -2.59. The highest BCUT2D eigenvalue weighted by molar-refractivity contribution is 4.92. The topological polar surface area (TPSA) is 129 Å². The second kappa shape index (κ2) is 21.3. The van der Waals surface area contributed by atoms with Gasteiger partial charge in [-0.05, 0) is 38.5 Å². The van der Waals surface area contributed by atoms with E-state index in [2.05, 4.69) is 31.2 Å². The number of aliphatic hydroxyl groups excluding tert-OH is 5. The van der Waals surface area contributed by atoms with Gasteiger partial charge in [-0.2, -0.15) is 0 Å². The number of hydrogen-bond donors (Lipinski definition) is 5. The van der Waals surface area contributed by atoms with Gasteiger partial charge in [0.25, 0.3) is 0 Å². The molecule has 0 aromatic carbocycles. The fraction of sp³-hybridized carbons (Fsp3) is 0.852. The molecule has 1 rings (SSSR count). The van der Waals surface area contributed by atoms with Crippen molar-refractivity contribution >= 4 is 0 Å². The first kappa shape index (κ1) is 32.2. The number of unbranched alkanes of at least 4 members (excludes halogenated alkanes) is 9. The van der Waals surface area contributed by atoms with Crippen molar-refractivity contribution in [1.29, 1.82) is 0 Å². The Kier molecular flexibility index (Phi) is 19.6. The minimum Gasteiger partial charge on any atom is -0.394 e. The summed E-state index contributed by atoms with van der Waals surface area (Å²) in [6, 6.07) is 0. The zero-order valence-electron chi connectivity index (χ0n) is 21.5. The maximum Gasteiger partial charge on any atom is 0.186 e. The highest BCUT2D eigenvalue weighted by atomic mass is 16.7. The van der Waals surface area contributed by atoms with E-state index < -0.39 is 43.4 Å². The first-order valence-electron chi connectivity index (χ1n) is 13.5. The van der Waals surface area contributed by atoms with Crippen LogP contribution in [0.5, 0.6) is 0 Å². The number of aliphatic hydroxyl groups is 5. The second-order valence-corrected chi connectivity index (χ2v) is 9.34. The quantitative estimate of drug-likeness (QED) is 0.120. The molecule has 0 aromatic heterocycles. The zero-order valence-corrected chi connectivity index (χ0v) is 21.5. The van der Waals surface area contributed by atoms with Crippen molar-refractivity contribution in [3.8, 4) is 0 Å². The Balaban J connectivity index is 1.92. The predicted molar refractivity (Wildman–Crippen MR) is 136 cm³/mol. The molecule has 1 heterocycles. The zero-order chi connectivity index (χ0) is 25.7. The van der Waals surface area contributed by atoms with Crippen LogP contribution in [-0.2, 0) is 14.2 Å². The van der Waals surface area contributed by atoms with Crippen LogP contribution in [0, 0.1) is 0 Å². The summed E-state index contributed by atoms with van der Waals surface area (Å²) in [5.41, 5.74) is 0. The fourth-order valence-electron chi connectivity index (χ4n) is 3.87. The maximum absolute atomic E-state index is 9.98. The molecule has 1 aliphatic heterocycles. The average molecular weight is 503 g/mol. The van der Waals surface area contributed by atoms with Crippen LogP contribution in [0.3, 0.4) is 0 Å². The van der Waals surface area contributed by atoms with Gasteiger partial charge in [-0.15, -0.1) is 0 Å². The van der Waals surface area contributed by atoms with Crippen LogP contribution < -0.4 is 0 Å². The summed E-state index contributed by atoms with van der Waals surface area (Å²) in [5.74, 6) is 0. The summed E-state index contributed by atoms with van der Waals surface area (Å²) in [6.45, 7) is 2.20. The summed E-state index contributed by atoms with van der Waals surface area (Å²) in [6.07, 6.45) is 15.7. The van der Waals surface area contributed by atoms with E-state index in [4.69, 9.17) is 14.2 Å². The lowest BCUT2D eigenvalue weighted by Gasteiger charge is -2.39. The van der Waals surface area contributed by atoms with Gasteiger partial charge in [-0.3, -0.25) is 0 Å². The van der Waals surface area contributed by atoms with Crippen molar-refractivity contribution in [2.24, 2.45) is 0 Å². The lowest BCUT2D eigenvalue weighted by atomic mass is 9.99. The van der Waals surface area contributed by atoms with Crippen LogP contribution >= 0.6 is 0 Å². The molecular formula is C27H50O8. The van der Waals surface area contributed by atoms with E-state index in [-0.39, 0.29) is 13.2 Å². The molecule has 0 aromatic rings. The van der Waals surface area contributed by atoms with E-state index in [1.165, 1.54) is 51.4 Å². The van der Waals surface area contributed by atoms with Crippen molar-refractivity contribution in [1.82, 2.24) is 0 Å². The second-order valence-electron chi connectivity index (χ2n) is 9.34. The van der Waals surface area contributed by atoms with E-state index in [1.807, 2.05) is 0 Å². The molecule has 8 heteroatoms. The molecule has 0 amide bonds. The van der Waals surface area contributed by atoms with Crippen molar-refractivity contribution in [3.05, 3.63) is 24.3 Å². The third-order valence-electron chi connectivity index (χ3n) is 6.10. The largest absolute Gasteiger partial charge is 0.394 e. The Hall–Kier alpha value is -0.840. The van der Waals surface area contributed by atoms with Gasteiger partial charge in [-0.25, -0.2) is 0 Å². The Morgan fingerprint density at radius 3 is 2.06 bits per heavy atom. The van der Waals surface area contributed by atoms with Gasteiger partial charge in [0.2, 0.25) is 0 Å². The number of hydrogen-bond acceptors (Lipinski definition) is 8. The minimum absolute atomic E-state index is 0.0949. The molecule has 0 spiro atoms. The summed E-state index contributed by atoms with van der Waals surface area (Å²) < 4.78 is 16.0. The van der Waals surface area contributed by atoms with Crippen LogP contribution in [-0.4, -0.2) is 88.8 Å². The number of ether oxygens (including phenoxy) is 3. The van der Waals surface area contributed by atoms with Crippen LogP contribution in [0.1, 0.15) is 84.0 Å². The van der Waals surface area contributed by atoms with Gasteiger partial charge < -0.3 is 39.7 Å². The van der Waals surface area contributed by atoms with Crippen LogP contribution in [0.4, 0.5) is 0 Å². The summed E-state index contributed by atoms with van der Waals surface area (Å²) >= 11 is 0. The monoisotopic (exact) mass is 502 g/mol. The van der Waals surface area contributed by atoms with Gasteiger partial charge in [0.1, 0.15) is 30.5 Å². The molecule has 8 nitrogen and oxygen atoms in total. The van der Waals surface area contributed by atoms with E-state index in [1.54, 1.807) is 0 Å². The van der Waals surface area contributed by atoms with Gasteiger partial charge >= 0.3 is 0 Å². The van der Waals surface area contributed by atoms with Crippen molar-refractivity contribution in [3.63, 3.8) is 0 Å². The minimum atomic E-state index is -1.50. The molecule has 0 bridgehead atoms. The molecule has 35 heavy (non-hydrogen) atoms. The molecule has 1 saturated heterocycles. The van der Waals surface area contributed by atoms with E-state index in [9.17, 15) is 25.5 Å². The Morgan fingerprint density at radius 1 is 0.771 bits per heavy atom. The predicted octanol–water partition coefficient (Wildman–Crippen LogP) is 2.99. The smallest absolute Gasteiger partial charge is 0.186 e. The van der Waals surface area contributed by atoms with E-state index in [0.29, 0.717) is 6.61 Å². The number of rotatable bonds is 21. The fourth-order valence-corrected chi connectivity index (χ4v) is 3.87. The molecule has 1 fully saturated rings. The van der Waals surface area contributed by atoms with Gasteiger partial charge in [-0.1, -0.05) is 69.8 Å². The normalized spacial score (nSPS) is 26.2. The van der Waals surface area contributed by atoms with Crippen LogP contribution in [0.15, 0.2) is 24.3 Å². The molecule has 0 aliphatic carbocycles. The van der Waals surface area contributed by atoms with E-state index >= 15 is 0 Å². The van der Waals surface area contributed by atoms with Crippen LogP contribution in [0.2, 0.25) is 0 Å². The third kappa shape index (κ3) is 15.1. The number of allylic oxidation sites excluding steroid dienone is 4. The Morgan fingerprint density at radius 2 is 1.40 bits per heavy atom. The lowest BCUT2D eigenvalue weighted by molar-refractivity contribution is -0.305. The molecule has 1 aliphatic rings. The highest BCUT2D eigenvalue weighted by Crippen LogP contribution is 2.22.